The van der Waals surface area contributed by atoms with E-state index in [2.05, 4.69) is 5.32 Å². The Hall–Kier alpha value is -1.75. The molecule has 146 valence electrons. The lowest BCUT2D eigenvalue weighted by atomic mass is 9.48. The number of benzene rings is 1. The molecule has 1 amide bonds. The van der Waals surface area contributed by atoms with E-state index in [0.29, 0.717) is 29.5 Å². The molecule has 1 aromatic rings. The van der Waals surface area contributed by atoms with Gasteiger partial charge in [-0.15, -0.1) is 0 Å². The fraction of sp³-hybridized carbons (Fsp3) is 0.619. The van der Waals surface area contributed by atoms with Crippen molar-refractivity contribution in [3.63, 3.8) is 0 Å². The van der Waals surface area contributed by atoms with Gasteiger partial charge in [-0.1, -0.05) is 17.7 Å². The summed E-state index contributed by atoms with van der Waals surface area (Å²) < 4.78 is 5.91. The van der Waals surface area contributed by atoms with Crippen LogP contribution in [0.3, 0.4) is 0 Å². The molecule has 0 spiro atoms. The Kier molecular flexibility index (Phi) is 4.41. The molecule has 5 rings (SSSR count). The van der Waals surface area contributed by atoms with Crippen LogP contribution in [0.4, 0.5) is 0 Å². The van der Waals surface area contributed by atoms with Crippen LogP contribution < -0.4 is 10.1 Å². The molecule has 4 saturated carbocycles. The summed E-state index contributed by atoms with van der Waals surface area (Å²) in [6, 6.07) is 7.06. The maximum absolute atomic E-state index is 13.0. The summed E-state index contributed by atoms with van der Waals surface area (Å²) in [7, 11) is 0. The number of ether oxygens (including phenoxy) is 1. The van der Waals surface area contributed by atoms with Crippen molar-refractivity contribution < 1.29 is 19.4 Å². The molecule has 0 radical (unpaired) electrons. The lowest BCUT2D eigenvalue weighted by molar-refractivity contribution is -0.168. The average Bonchev–Trinajstić information content (AvgIpc) is 2.56. The van der Waals surface area contributed by atoms with Crippen LogP contribution in [0.25, 0.3) is 0 Å². The molecule has 0 aliphatic heterocycles. The van der Waals surface area contributed by atoms with E-state index in [1.54, 1.807) is 38.1 Å². The molecule has 1 aromatic carbocycles. The molecule has 2 N–H and O–H groups in total. The van der Waals surface area contributed by atoms with Crippen LogP contribution in [-0.4, -0.2) is 28.6 Å². The Bertz CT molecular complexity index is 761. The second kappa shape index (κ2) is 6.40. The van der Waals surface area contributed by atoms with Gasteiger partial charge in [0.1, 0.15) is 5.75 Å². The zero-order valence-electron chi connectivity index (χ0n) is 15.7. The molecular formula is C21H26ClNO4. The van der Waals surface area contributed by atoms with Gasteiger partial charge in [-0.05, 0) is 81.9 Å². The van der Waals surface area contributed by atoms with Crippen molar-refractivity contribution in [3.05, 3.63) is 29.3 Å². The number of hydrogen-bond donors (Lipinski definition) is 2. The molecular weight excluding hydrogens is 366 g/mol. The second-order valence-electron chi connectivity index (χ2n) is 9.12. The SMILES string of the molecule is CC(C)(Oc1cccc(Cl)c1)C(=O)NC1C2CC3CC1CC(C(=O)O)(C3)C2. The summed E-state index contributed by atoms with van der Waals surface area (Å²) >= 11 is 6.00. The fourth-order valence-corrected chi connectivity index (χ4v) is 5.90. The molecule has 4 aliphatic carbocycles. The summed E-state index contributed by atoms with van der Waals surface area (Å²) in [6.07, 6.45) is 4.20. The monoisotopic (exact) mass is 391 g/mol. The molecule has 0 heterocycles. The number of carbonyl (C=O) groups excluding carboxylic acids is 1. The largest absolute Gasteiger partial charge is 0.481 e. The molecule has 4 fully saturated rings. The van der Waals surface area contributed by atoms with Crippen molar-refractivity contribution >= 4 is 23.5 Å². The zero-order valence-corrected chi connectivity index (χ0v) is 16.5. The number of carbonyl (C=O) groups is 2. The van der Waals surface area contributed by atoms with Crippen molar-refractivity contribution in [2.45, 2.75) is 57.6 Å². The molecule has 0 saturated heterocycles. The highest BCUT2D eigenvalue weighted by molar-refractivity contribution is 6.30. The lowest BCUT2D eigenvalue weighted by Crippen LogP contribution is -2.63. The van der Waals surface area contributed by atoms with Gasteiger partial charge >= 0.3 is 5.97 Å². The molecule has 4 aliphatic rings. The van der Waals surface area contributed by atoms with Gasteiger partial charge in [0.25, 0.3) is 5.91 Å². The fourth-order valence-electron chi connectivity index (χ4n) is 5.72. The van der Waals surface area contributed by atoms with Gasteiger partial charge in [0.2, 0.25) is 0 Å². The van der Waals surface area contributed by atoms with E-state index >= 15 is 0 Å². The molecule has 0 aromatic heterocycles. The first kappa shape index (κ1) is 18.6. The predicted octanol–water partition coefficient (Wildman–Crippen LogP) is 3.89. The summed E-state index contributed by atoms with van der Waals surface area (Å²) in [5, 5.41) is 13.5. The van der Waals surface area contributed by atoms with Gasteiger partial charge in [0.05, 0.1) is 5.41 Å². The smallest absolute Gasteiger partial charge is 0.309 e. The highest BCUT2D eigenvalue weighted by Crippen LogP contribution is 2.60. The number of amides is 1. The van der Waals surface area contributed by atoms with E-state index in [1.807, 2.05) is 0 Å². The van der Waals surface area contributed by atoms with Gasteiger partial charge < -0.3 is 15.2 Å². The van der Waals surface area contributed by atoms with E-state index in [-0.39, 0.29) is 23.8 Å². The van der Waals surface area contributed by atoms with Gasteiger partial charge in [0, 0.05) is 11.1 Å². The third-order valence-electron chi connectivity index (χ3n) is 6.74. The van der Waals surface area contributed by atoms with E-state index in [1.165, 1.54) is 0 Å². The van der Waals surface area contributed by atoms with Crippen molar-refractivity contribution in [1.29, 1.82) is 0 Å². The first-order chi connectivity index (χ1) is 12.7. The van der Waals surface area contributed by atoms with E-state index in [4.69, 9.17) is 16.3 Å². The first-order valence-electron chi connectivity index (χ1n) is 9.67. The zero-order chi connectivity index (χ0) is 19.4. The van der Waals surface area contributed by atoms with Gasteiger partial charge in [0.15, 0.2) is 5.60 Å². The van der Waals surface area contributed by atoms with E-state index < -0.39 is 17.0 Å². The van der Waals surface area contributed by atoms with Crippen molar-refractivity contribution in [2.24, 2.45) is 23.2 Å². The first-order valence-corrected chi connectivity index (χ1v) is 10.1. The minimum absolute atomic E-state index is 0.0451. The summed E-state index contributed by atoms with van der Waals surface area (Å²) in [5.41, 5.74) is -1.60. The van der Waals surface area contributed by atoms with Crippen molar-refractivity contribution in [1.82, 2.24) is 5.32 Å². The Labute approximate surface area is 164 Å². The molecule has 2 unspecified atom stereocenters. The number of hydrogen-bond acceptors (Lipinski definition) is 3. The summed E-state index contributed by atoms with van der Waals surface area (Å²) in [6.45, 7) is 3.50. The maximum Gasteiger partial charge on any atom is 0.309 e. The third kappa shape index (κ3) is 3.31. The quantitative estimate of drug-likeness (QED) is 0.798. The van der Waals surface area contributed by atoms with Gasteiger partial charge in [-0.2, -0.15) is 0 Å². The summed E-state index contributed by atoms with van der Waals surface area (Å²) in [5.74, 6) is 0.720. The minimum atomic E-state index is -1.04. The average molecular weight is 392 g/mol. The van der Waals surface area contributed by atoms with Crippen molar-refractivity contribution in [2.75, 3.05) is 0 Å². The van der Waals surface area contributed by atoms with Crippen LogP contribution in [0.15, 0.2) is 24.3 Å². The summed E-state index contributed by atoms with van der Waals surface area (Å²) in [4.78, 5) is 24.8. The topological polar surface area (TPSA) is 75.6 Å². The molecule has 4 bridgehead atoms. The Morgan fingerprint density at radius 3 is 2.48 bits per heavy atom. The highest BCUT2D eigenvalue weighted by atomic mass is 35.5. The standard InChI is InChI=1S/C21H26ClNO4/c1-20(2,27-16-5-3-4-15(22)8-16)18(24)23-17-13-6-12-7-14(17)11-21(9-12,10-13)19(25)26/h3-5,8,12-14,17H,6-7,9-11H2,1-2H3,(H,23,24)(H,25,26). The predicted molar refractivity (Wildman–Crippen MR) is 102 cm³/mol. The molecule has 27 heavy (non-hydrogen) atoms. The third-order valence-corrected chi connectivity index (χ3v) is 6.98. The number of carboxylic acids is 1. The number of nitrogens with one attached hydrogen (secondary N) is 1. The van der Waals surface area contributed by atoms with E-state index in [0.717, 1.165) is 19.3 Å². The Balaban J connectivity index is 1.46. The van der Waals surface area contributed by atoms with Crippen LogP contribution in [0.2, 0.25) is 5.02 Å². The number of carboxylic acid groups (broad SMARTS) is 1. The molecule has 2 atom stereocenters. The maximum atomic E-state index is 13.0. The molecule has 6 heteroatoms. The Morgan fingerprint density at radius 1 is 1.22 bits per heavy atom. The van der Waals surface area contributed by atoms with Crippen LogP contribution in [0.5, 0.6) is 5.75 Å². The van der Waals surface area contributed by atoms with Gasteiger partial charge in [-0.3, -0.25) is 9.59 Å². The lowest BCUT2D eigenvalue weighted by Gasteiger charge is -2.58. The second-order valence-corrected chi connectivity index (χ2v) is 9.56. The van der Waals surface area contributed by atoms with Crippen LogP contribution in [-0.2, 0) is 9.59 Å². The number of halogens is 1. The highest BCUT2D eigenvalue weighted by Gasteiger charge is 2.59. The Morgan fingerprint density at radius 2 is 1.89 bits per heavy atom. The number of rotatable bonds is 5. The van der Waals surface area contributed by atoms with Gasteiger partial charge in [-0.25, -0.2) is 0 Å². The van der Waals surface area contributed by atoms with E-state index in [9.17, 15) is 14.7 Å². The van der Waals surface area contributed by atoms with Crippen LogP contribution in [0, 0.1) is 23.2 Å². The minimum Gasteiger partial charge on any atom is -0.481 e. The van der Waals surface area contributed by atoms with Crippen LogP contribution >= 0.6 is 11.6 Å². The molecule has 5 nitrogen and oxygen atoms in total. The number of aliphatic carboxylic acids is 1. The van der Waals surface area contributed by atoms with Crippen LogP contribution in [0.1, 0.15) is 46.0 Å². The van der Waals surface area contributed by atoms with Crippen molar-refractivity contribution in [3.8, 4) is 5.75 Å². The normalized spacial score (nSPS) is 34.3.